The predicted molar refractivity (Wildman–Crippen MR) is 183 cm³/mol. The van der Waals surface area contributed by atoms with E-state index < -0.39 is 0 Å². The minimum Gasteiger partial charge on any atom is -0.489 e. The van der Waals surface area contributed by atoms with Crippen molar-refractivity contribution >= 4 is 12.0 Å². The Morgan fingerprint density at radius 1 is 0.733 bits per heavy atom. The molecule has 1 heterocycles. The summed E-state index contributed by atoms with van der Waals surface area (Å²) in [5.74, 6) is 2.52. The molecule has 0 amide bonds. The molecule has 0 unspecified atom stereocenters. The van der Waals surface area contributed by atoms with E-state index in [9.17, 15) is 4.79 Å². The summed E-state index contributed by atoms with van der Waals surface area (Å²) in [4.78, 5) is 16.8. The van der Waals surface area contributed by atoms with Gasteiger partial charge in [0.1, 0.15) is 18.6 Å². The summed E-state index contributed by atoms with van der Waals surface area (Å²) in [7, 11) is 0. The Labute approximate surface area is 269 Å². The Hall–Kier alpha value is -3.89. The largest absolute Gasteiger partial charge is 0.489 e. The van der Waals surface area contributed by atoms with Gasteiger partial charge in [0, 0.05) is 50.2 Å². The number of benzene rings is 4. The molecular weight excluding hydrogens is 552 g/mol. The van der Waals surface area contributed by atoms with Crippen LogP contribution < -0.4 is 9.64 Å². The average Bonchev–Trinajstić information content (AvgIpc) is 3.11. The summed E-state index contributed by atoms with van der Waals surface area (Å²) in [6.45, 7) is 5.91. The maximum Gasteiger partial charge on any atom is 0.123 e. The number of fused-ring (bicyclic) bond motifs is 1. The van der Waals surface area contributed by atoms with E-state index in [2.05, 4.69) is 107 Å². The number of rotatable bonds is 9. The van der Waals surface area contributed by atoms with E-state index in [-0.39, 0.29) is 5.92 Å². The molecule has 0 N–H and O–H groups in total. The fourth-order valence-electron chi connectivity index (χ4n) is 8.15. The number of hydrogen-bond donors (Lipinski definition) is 0. The molecule has 0 bridgehead atoms. The summed E-state index contributed by atoms with van der Waals surface area (Å²) < 4.78 is 6.23. The number of carbonyl (C=O) groups is 1. The van der Waals surface area contributed by atoms with E-state index in [0.717, 1.165) is 57.7 Å². The summed E-state index contributed by atoms with van der Waals surface area (Å²) in [5.41, 5.74) is 8.16. The van der Waals surface area contributed by atoms with E-state index in [1.165, 1.54) is 59.1 Å². The van der Waals surface area contributed by atoms with Crippen molar-refractivity contribution in [3.8, 4) is 5.75 Å². The number of hydrogen-bond acceptors (Lipinski definition) is 4. The maximum atomic E-state index is 11.6. The Kier molecular flexibility index (Phi) is 9.30. The van der Waals surface area contributed by atoms with E-state index in [4.69, 9.17) is 4.74 Å². The Morgan fingerprint density at radius 3 is 2.22 bits per heavy atom. The van der Waals surface area contributed by atoms with Gasteiger partial charge in [-0.05, 0) is 89.6 Å². The molecule has 0 spiro atoms. The highest BCUT2D eigenvalue weighted by molar-refractivity contribution is 5.54. The monoisotopic (exact) mass is 598 g/mol. The van der Waals surface area contributed by atoms with Gasteiger partial charge in [0.2, 0.25) is 0 Å². The SMILES string of the molecule is O=C[C@@H]1CCCC[C@H]1CN1CCN(c2ccc([C@@H]3c4ccc(OCc5ccccc5)cc4CC[C@@H]3c3ccccc3)cc2)CC1. The lowest BCUT2D eigenvalue weighted by Gasteiger charge is -2.39. The van der Waals surface area contributed by atoms with Gasteiger partial charge < -0.3 is 14.4 Å². The fourth-order valence-corrected chi connectivity index (χ4v) is 8.15. The van der Waals surface area contributed by atoms with Crippen molar-refractivity contribution in [2.45, 2.75) is 57.0 Å². The van der Waals surface area contributed by atoms with Crippen molar-refractivity contribution < 1.29 is 9.53 Å². The summed E-state index contributed by atoms with van der Waals surface area (Å²) in [6, 6.07) is 37.7. The normalized spacial score (nSPS) is 23.7. The number of ether oxygens (including phenoxy) is 1. The van der Waals surface area contributed by atoms with E-state index >= 15 is 0 Å². The Balaban J connectivity index is 1.06. The van der Waals surface area contributed by atoms with Crippen LogP contribution in [0.4, 0.5) is 5.69 Å². The molecule has 1 saturated carbocycles. The molecule has 4 aromatic rings. The van der Waals surface area contributed by atoms with Gasteiger partial charge in [-0.1, -0.05) is 91.7 Å². The van der Waals surface area contributed by atoms with Gasteiger partial charge in [-0.15, -0.1) is 0 Å². The molecular formula is C41H46N2O2. The van der Waals surface area contributed by atoms with E-state index in [1.807, 2.05) is 6.07 Å². The molecule has 1 saturated heterocycles. The first-order valence-corrected chi connectivity index (χ1v) is 17.1. The minimum atomic E-state index is 0.266. The lowest BCUT2D eigenvalue weighted by molar-refractivity contribution is -0.113. The lowest BCUT2D eigenvalue weighted by atomic mass is 9.69. The summed E-state index contributed by atoms with van der Waals surface area (Å²) >= 11 is 0. The van der Waals surface area contributed by atoms with Gasteiger partial charge in [0.25, 0.3) is 0 Å². The third-order valence-corrected chi connectivity index (χ3v) is 10.7. The lowest BCUT2D eigenvalue weighted by Crippen LogP contribution is -2.48. The van der Waals surface area contributed by atoms with Gasteiger partial charge >= 0.3 is 0 Å². The summed E-state index contributed by atoms with van der Waals surface area (Å²) in [6.07, 6.45) is 8.20. The predicted octanol–water partition coefficient (Wildman–Crippen LogP) is 8.25. The standard InChI is InChI=1S/C41H46N2O2/c44-29-36-14-8-7-13-35(36)28-42-23-25-43(26-24-42)37-18-15-33(16-19-37)41-39(32-11-5-2-6-12-32)21-17-34-27-38(20-22-40(34)41)45-30-31-9-3-1-4-10-31/h1-6,9-12,15-16,18-20,22,27,29,35-36,39,41H,7-8,13-14,17,21,23-26,28,30H2/t35-,36-,39+,41-/m0/s1. The minimum absolute atomic E-state index is 0.266. The van der Waals surface area contributed by atoms with Crippen LogP contribution in [0.25, 0.3) is 0 Å². The van der Waals surface area contributed by atoms with Crippen molar-refractivity contribution in [2.75, 3.05) is 37.6 Å². The Morgan fingerprint density at radius 2 is 1.47 bits per heavy atom. The molecule has 2 aliphatic carbocycles. The molecule has 4 atom stereocenters. The highest BCUT2D eigenvalue weighted by Gasteiger charge is 2.33. The van der Waals surface area contributed by atoms with Crippen LogP contribution in [0, 0.1) is 11.8 Å². The van der Waals surface area contributed by atoms with Crippen molar-refractivity contribution in [1.29, 1.82) is 0 Å². The second-order valence-corrected chi connectivity index (χ2v) is 13.4. The van der Waals surface area contributed by atoms with Crippen LogP contribution in [0.1, 0.15) is 71.8 Å². The first kappa shape index (κ1) is 29.8. The molecule has 1 aliphatic heterocycles. The molecule has 3 aliphatic rings. The molecule has 4 aromatic carbocycles. The zero-order chi connectivity index (χ0) is 30.4. The highest BCUT2D eigenvalue weighted by atomic mass is 16.5. The van der Waals surface area contributed by atoms with Crippen molar-refractivity contribution in [1.82, 2.24) is 4.90 Å². The van der Waals surface area contributed by atoms with E-state index in [1.54, 1.807) is 0 Å². The number of anilines is 1. The van der Waals surface area contributed by atoms with Crippen LogP contribution in [0.5, 0.6) is 5.75 Å². The van der Waals surface area contributed by atoms with Crippen LogP contribution in [0.3, 0.4) is 0 Å². The van der Waals surface area contributed by atoms with Gasteiger partial charge in [0.05, 0.1) is 0 Å². The average molecular weight is 599 g/mol. The maximum absolute atomic E-state index is 11.6. The van der Waals surface area contributed by atoms with Crippen molar-refractivity contribution in [2.24, 2.45) is 11.8 Å². The molecule has 2 fully saturated rings. The number of nitrogens with zero attached hydrogens (tertiary/aromatic N) is 2. The van der Waals surface area contributed by atoms with Gasteiger partial charge in [-0.2, -0.15) is 0 Å². The molecule has 0 aromatic heterocycles. The van der Waals surface area contributed by atoms with Gasteiger partial charge in [-0.25, -0.2) is 0 Å². The smallest absolute Gasteiger partial charge is 0.123 e. The quantitative estimate of drug-likeness (QED) is 0.182. The summed E-state index contributed by atoms with van der Waals surface area (Å²) in [5, 5.41) is 0. The number of aryl methyl sites for hydroxylation is 1. The number of aldehydes is 1. The van der Waals surface area contributed by atoms with Gasteiger partial charge in [-0.3, -0.25) is 4.90 Å². The first-order valence-electron chi connectivity index (χ1n) is 17.1. The molecule has 45 heavy (non-hydrogen) atoms. The number of carbonyl (C=O) groups excluding carboxylic acids is 1. The molecule has 4 heteroatoms. The Bertz CT molecular complexity index is 1530. The zero-order valence-corrected chi connectivity index (χ0v) is 26.4. The molecule has 7 rings (SSSR count). The van der Waals surface area contributed by atoms with Crippen molar-refractivity contribution in [3.63, 3.8) is 0 Å². The van der Waals surface area contributed by atoms with Crippen LogP contribution in [-0.2, 0) is 17.8 Å². The zero-order valence-electron chi connectivity index (χ0n) is 26.4. The highest BCUT2D eigenvalue weighted by Crippen LogP contribution is 2.47. The van der Waals surface area contributed by atoms with Gasteiger partial charge in [0.15, 0.2) is 0 Å². The molecule has 4 nitrogen and oxygen atoms in total. The third kappa shape index (κ3) is 6.87. The van der Waals surface area contributed by atoms with Crippen molar-refractivity contribution in [3.05, 3.63) is 131 Å². The van der Waals surface area contributed by atoms with Crippen LogP contribution in [0.2, 0.25) is 0 Å². The number of piperazine rings is 1. The fraction of sp³-hybridized carbons (Fsp3) is 0.390. The molecule has 0 radical (unpaired) electrons. The molecule has 232 valence electrons. The van der Waals surface area contributed by atoms with Crippen LogP contribution >= 0.6 is 0 Å². The second-order valence-electron chi connectivity index (χ2n) is 13.4. The van der Waals surface area contributed by atoms with Crippen LogP contribution in [0.15, 0.2) is 103 Å². The first-order chi connectivity index (χ1) is 22.2. The van der Waals surface area contributed by atoms with E-state index in [0.29, 0.717) is 24.4 Å². The third-order valence-electron chi connectivity index (χ3n) is 10.7. The second kappa shape index (κ2) is 14.0. The topological polar surface area (TPSA) is 32.8 Å². The van der Waals surface area contributed by atoms with Crippen LogP contribution in [-0.4, -0.2) is 43.9 Å².